The molecule has 6 aliphatic rings. The number of aliphatic hydroxyl groups excluding tert-OH is 2. The monoisotopic (exact) mass is 585 g/mol. The fourth-order valence-electron chi connectivity index (χ4n) is 10.0. The highest BCUT2D eigenvalue weighted by Crippen LogP contribution is 2.70. The van der Waals surface area contributed by atoms with E-state index in [1.54, 1.807) is 12.2 Å². The Labute approximate surface area is 253 Å². The second kappa shape index (κ2) is 10.4. The van der Waals surface area contributed by atoms with E-state index in [-0.39, 0.29) is 29.3 Å². The maximum Gasteiger partial charge on any atom is 0.193 e. The Bertz CT molecular complexity index is 1470. The molecule has 43 heavy (non-hydrogen) atoms. The Morgan fingerprint density at radius 3 is 2.72 bits per heavy atom. The lowest BCUT2D eigenvalue weighted by atomic mass is 9.46. The molecule has 7 heteroatoms. The number of anilines is 1. The number of hydrogen-bond acceptors (Lipinski definition) is 7. The standard InChI is InChI=1S/C36H43NO6/c1-34-15-14-26(39)17-24(34)12-13-27-28-18-31-36(30(41)20-38,35(28,2)19-29(40)32(27)34)43-33(42-31)23-10-8-21(9-11-23)6-7-22-4-3-5-25(37)16-22/h3-5,8,10,14-17,27-29,31-33,38,40H,6-7,9,11-13,18-20,37H2,1-2H3/t27-,28-,29-,31+,32+,33+,34-,35-,36+/m0/s1. The molecule has 1 aromatic rings. The Balaban J connectivity index is 1.13. The summed E-state index contributed by atoms with van der Waals surface area (Å²) in [6.07, 6.45) is 14.1. The van der Waals surface area contributed by atoms with Gasteiger partial charge in [-0.25, -0.2) is 0 Å². The minimum absolute atomic E-state index is 0.0113. The Hall–Kier alpha value is -2.84. The first-order chi connectivity index (χ1) is 20.6. The van der Waals surface area contributed by atoms with Gasteiger partial charge in [-0.3, -0.25) is 9.59 Å². The summed E-state index contributed by atoms with van der Waals surface area (Å²) in [5, 5.41) is 22.1. The average Bonchev–Trinajstić information content (AvgIpc) is 3.49. The maximum atomic E-state index is 13.8. The molecule has 1 aliphatic heterocycles. The van der Waals surface area contributed by atoms with E-state index in [9.17, 15) is 19.8 Å². The number of fused-ring (bicyclic) bond motifs is 7. The number of rotatable bonds is 6. The van der Waals surface area contributed by atoms with Crippen molar-refractivity contribution >= 4 is 17.3 Å². The summed E-state index contributed by atoms with van der Waals surface area (Å²) in [6, 6.07) is 8.02. The summed E-state index contributed by atoms with van der Waals surface area (Å²) in [6.45, 7) is 3.60. The Morgan fingerprint density at radius 2 is 1.98 bits per heavy atom. The predicted octanol–water partition coefficient (Wildman–Crippen LogP) is 4.78. The van der Waals surface area contributed by atoms with E-state index in [4.69, 9.17) is 15.2 Å². The van der Waals surface area contributed by atoms with Gasteiger partial charge in [0.15, 0.2) is 23.5 Å². The molecule has 0 unspecified atom stereocenters. The largest absolute Gasteiger partial charge is 0.399 e. The topological polar surface area (TPSA) is 119 Å². The number of ether oxygens (including phenoxy) is 2. The molecule has 0 radical (unpaired) electrons. The van der Waals surface area contributed by atoms with Gasteiger partial charge in [0.25, 0.3) is 0 Å². The van der Waals surface area contributed by atoms with Gasteiger partial charge in [0, 0.05) is 22.4 Å². The van der Waals surface area contributed by atoms with Crippen LogP contribution >= 0.6 is 0 Å². The smallest absolute Gasteiger partial charge is 0.193 e. The molecule has 1 aromatic carbocycles. The van der Waals surface area contributed by atoms with Gasteiger partial charge in [0.1, 0.15) is 6.61 Å². The number of hydrogen-bond donors (Lipinski definition) is 3. The maximum absolute atomic E-state index is 13.8. The van der Waals surface area contributed by atoms with Gasteiger partial charge in [0.2, 0.25) is 0 Å². The first-order valence-corrected chi connectivity index (χ1v) is 15.9. The van der Waals surface area contributed by atoms with Crippen molar-refractivity contribution in [2.45, 2.75) is 89.3 Å². The van der Waals surface area contributed by atoms with E-state index < -0.39 is 41.5 Å². The van der Waals surface area contributed by atoms with E-state index in [0.29, 0.717) is 12.8 Å². The van der Waals surface area contributed by atoms with Crippen molar-refractivity contribution in [3.63, 3.8) is 0 Å². The van der Waals surface area contributed by atoms with Gasteiger partial charge >= 0.3 is 0 Å². The number of carbonyl (C=O) groups is 2. The minimum atomic E-state index is -1.31. The lowest BCUT2D eigenvalue weighted by Gasteiger charge is -2.59. The summed E-state index contributed by atoms with van der Waals surface area (Å²) in [5.74, 6) is -0.158. The minimum Gasteiger partial charge on any atom is -0.399 e. The third-order valence-corrected chi connectivity index (χ3v) is 12.1. The second-order valence-corrected chi connectivity index (χ2v) is 14.2. The lowest BCUT2D eigenvalue weighted by Crippen LogP contribution is -2.63. The van der Waals surface area contributed by atoms with Gasteiger partial charge in [-0.05, 0) is 98.6 Å². The van der Waals surface area contributed by atoms with Gasteiger partial charge in [-0.2, -0.15) is 0 Å². The van der Waals surface area contributed by atoms with Crippen LogP contribution in [0.2, 0.25) is 0 Å². The molecule has 7 nitrogen and oxygen atoms in total. The number of benzene rings is 1. The average molecular weight is 586 g/mol. The normalized spacial score (nSPS) is 41.4. The highest BCUT2D eigenvalue weighted by atomic mass is 16.7. The zero-order chi connectivity index (χ0) is 30.1. The summed E-state index contributed by atoms with van der Waals surface area (Å²) in [4.78, 5) is 25.9. The first kappa shape index (κ1) is 28.9. The SMILES string of the molecule is C[C@]12C=CC(=O)C=C1CC[C@@H]1[C@@H]2[C@@H](O)C[C@@]2(C)[C@H]1C[C@H]1O[C@@H](C3=CC=C(CCc4cccc(N)c4)CC3)O[C@]12C(=O)CO. The van der Waals surface area contributed by atoms with Crippen LogP contribution in [-0.4, -0.2) is 52.5 Å². The fraction of sp³-hybridized carbons (Fsp3) is 0.556. The molecule has 0 amide bonds. The molecule has 4 fully saturated rings. The van der Waals surface area contributed by atoms with E-state index in [0.717, 1.165) is 55.4 Å². The summed E-state index contributed by atoms with van der Waals surface area (Å²) < 4.78 is 13.4. The predicted molar refractivity (Wildman–Crippen MR) is 163 cm³/mol. The molecule has 0 bridgehead atoms. The molecule has 5 aliphatic carbocycles. The quantitative estimate of drug-likeness (QED) is 0.411. The number of ketones is 2. The lowest BCUT2D eigenvalue weighted by molar-refractivity contribution is -0.194. The van der Waals surface area contributed by atoms with Crippen LogP contribution in [0.4, 0.5) is 5.69 Å². The van der Waals surface area contributed by atoms with E-state index in [1.807, 2.05) is 24.3 Å². The summed E-state index contributed by atoms with van der Waals surface area (Å²) >= 11 is 0. The molecule has 1 heterocycles. The number of carbonyl (C=O) groups excluding carboxylic acids is 2. The number of aryl methyl sites for hydroxylation is 1. The zero-order valence-corrected chi connectivity index (χ0v) is 25.1. The molecule has 4 N–H and O–H groups in total. The van der Waals surface area contributed by atoms with Crippen molar-refractivity contribution in [3.05, 3.63) is 76.9 Å². The summed E-state index contributed by atoms with van der Waals surface area (Å²) in [5.41, 5.74) is 9.03. The number of nitrogens with two attached hydrogens (primary N) is 1. The third kappa shape index (κ3) is 4.30. The molecule has 0 spiro atoms. The Kier molecular flexibility index (Phi) is 6.97. The summed E-state index contributed by atoms with van der Waals surface area (Å²) in [7, 11) is 0. The van der Waals surface area contributed by atoms with Gasteiger partial charge in [-0.1, -0.05) is 55.4 Å². The van der Waals surface area contributed by atoms with E-state index in [2.05, 4.69) is 32.1 Å². The number of Topliss-reactive ketones (excluding diaryl/α,β-unsaturated/α-hetero) is 1. The molecule has 1 saturated heterocycles. The molecule has 7 rings (SSSR count). The van der Waals surface area contributed by atoms with Crippen LogP contribution in [0.25, 0.3) is 0 Å². The van der Waals surface area contributed by atoms with Crippen molar-refractivity contribution in [3.8, 4) is 0 Å². The fourth-order valence-corrected chi connectivity index (χ4v) is 10.0. The van der Waals surface area contributed by atoms with Crippen LogP contribution in [-0.2, 0) is 25.5 Å². The zero-order valence-electron chi connectivity index (χ0n) is 25.1. The number of aliphatic hydroxyl groups is 2. The molecular weight excluding hydrogens is 542 g/mol. The highest BCUT2D eigenvalue weighted by molar-refractivity contribution is 6.01. The molecule has 9 atom stereocenters. The van der Waals surface area contributed by atoms with Crippen molar-refractivity contribution in [2.75, 3.05) is 12.3 Å². The molecular formula is C36H43NO6. The van der Waals surface area contributed by atoms with Crippen molar-refractivity contribution in [2.24, 2.45) is 28.6 Å². The van der Waals surface area contributed by atoms with E-state index in [1.165, 1.54) is 11.1 Å². The van der Waals surface area contributed by atoms with Crippen LogP contribution in [0.15, 0.2) is 71.4 Å². The van der Waals surface area contributed by atoms with Crippen LogP contribution < -0.4 is 5.73 Å². The highest BCUT2D eigenvalue weighted by Gasteiger charge is 2.76. The van der Waals surface area contributed by atoms with Crippen LogP contribution in [0.5, 0.6) is 0 Å². The third-order valence-electron chi connectivity index (χ3n) is 12.1. The van der Waals surface area contributed by atoms with Gasteiger partial charge < -0.3 is 25.4 Å². The molecule has 0 aromatic heterocycles. The van der Waals surface area contributed by atoms with E-state index >= 15 is 0 Å². The van der Waals surface area contributed by atoms with Crippen LogP contribution in [0, 0.1) is 28.6 Å². The van der Waals surface area contributed by atoms with Crippen molar-refractivity contribution in [1.82, 2.24) is 0 Å². The van der Waals surface area contributed by atoms with Crippen molar-refractivity contribution in [1.29, 1.82) is 0 Å². The van der Waals surface area contributed by atoms with Crippen LogP contribution in [0.3, 0.4) is 0 Å². The molecule has 228 valence electrons. The second-order valence-electron chi connectivity index (χ2n) is 14.2. The van der Waals surface area contributed by atoms with Crippen LogP contribution in [0.1, 0.15) is 64.4 Å². The van der Waals surface area contributed by atoms with Crippen molar-refractivity contribution < 1.29 is 29.3 Å². The molecule has 3 saturated carbocycles. The first-order valence-electron chi connectivity index (χ1n) is 15.9. The number of nitrogen functional groups attached to an aromatic ring is 1. The Morgan fingerprint density at radius 1 is 1.14 bits per heavy atom. The van der Waals surface area contributed by atoms with Gasteiger partial charge in [0.05, 0.1) is 12.2 Å². The van der Waals surface area contributed by atoms with Gasteiger partial charge in [-0.15, -0.1) is 0 Å². The number of allylic oxidation sites excluding steroid dienone is 7.